The minimum atomic E-state index is 0.225. The molecular weight excluding hydrogens is 178 g/mol. The lowest BCUT2D eigenvalue weighted by atomic mass is 10.0. The molecule has 0 aliphatic carbocycles. The standard InChI is InChI=1S/C10H17N3O/c1-8(9-6-12-7-9)10(14)13-4-2-11-3-5-13/h11-12H,2-7H2,1H3. The summed E-state index contributed by atoms with van der Waals surface area (Å²) in [4.78, 5) is 13.9. The first-order chi connectivity index (χ1) is 6.79. The SMILES string of the molecule is CC(C(=O)N1CCNCC1)=C1CNC1. The van der Waals surface area contributed by atoms with Crippen molar-refractivity contribution in [3.05, 3.63) is 11.1 Å². The Hall–Kier alpha value is -0.870. The molecule has 4 heteroatoms. The van der Waals surface area contributed by atoms with Crippen LogP contribution in [0.15, 0.2) is 11.1 Å². The molecule has 4 nitrogen and oxygen atoms in total. The maximum absolute atomic E-state index is 11.9. The number of carbonyl (C=O) groups excluding carboxylic acids is 1. The number of nitrogens with zero attached hydrogens (tertiary/aromatic N) is 1. The molecule has 14 heavy (non-hydrogen) atoms. The van der Waals surface area contributed by atoms with E-state index in [1.165, 1.54) is 5.57 Å². The fourth-order valence-corrected chi connectivity index (χ4v) is 1.77. The zero-order valence-electron chi connectivity index (χ0n) is 8.60. The molecule has 2 aliphatic rings. The lowest BCUT2D eigenvalue weighted by Gasteiger charge is -2.30. The molecule has 0 bridgehead atoms. The van der Waals surface area contributed by atoms with Gasteiger partial charge in [-0.15, -0.1) is 0 Å². The predicted molar refractivity (Wildman–Crippen MR) is 55.0 cm³/mol. The van der Waals surface area contributed by atoms with Crippen molar-refractivity contribution in [1.29, 1.82) is 0 Å². The van der Waals surface area contributed by atoms with Crippen LogP contribution < -0.4 is 10.6 Å². The molecular formula is C10H17N3O. The lowest BCUT2D eigenvalue weighted by Crippen LogP contribution is -2.47. The van der Waals surface area contributed by atoms with Crippen LogP contribution in [0.1, 0.15) is 6.92 Å². The first-order valence-electron chi connectivity index (χ1n) is 5.18. The van der Waals surface area contributed by atoms with Crippen LogP contribution in [0.5, 0.6) is 0 Å². The highest BCUT2D eigenvalue weighted by Crippen LogP contribution is 2.12. The number of rotatable bonds is 1. The summed E-state index contributed by atoms with van der Waals surface area (Å²) in [6.45, 7) is 7.26. The van der Waals surface area contributed by atoms with Gasteiger partial charge in [0.2, 0.25) is 5.91 Å². The third kappa shape index (κ3) is 1.81. The molecule has 0 aromatic carbocycles. The summed E-state index contributed by atoms with van der Waals surface area (Å²) in [5, 5.41) is 6.40. The summed E-state index contributed by atoms with van der Waals surface area (Å²) in [7, 11) is 0. The van der Waals surface area contributed by atoms with Gasteiger partial charge in [-0.1, -0.05) is 0 Å². The second kappa shape index (κ2) is 4.11. The fourth-order valence-electron chi connectivity index (χ4n) is 1.77. The van der Waals surface area contributed by atoms with Gasteiger partial charge in [-0.3, -0.25) is 4.79 Å². The van der Waals surface area contributed by atoms with E-state index in [4.69, 9.17) is 0 Å². The number of amides is 1. The van der Waals surface area contributed by atoms with Crippen molar-refractivity contribution in [2.24, 2.45) is 0 Å². The second-order valence-electron chi connectivity index (χ2n) is 3.87. The van der Waals surface area contributed by atoms with Gasteiger partial charge in [-0.25, -0.2) is 0 Å². The molecule has 2 heterocycles. The molecule has 0 saturated carbocycles. The van der Waals surface area contributed by atoms with E-state index >= 15 is 0 Å². The van der Waals surface area contributed by atoms with E-state index in [1.54, 1.807) is 0 Å². The Kier molecular flexibility index (Phi) is 2.84. The lowest BCUT2D eigenvalue weighted by molar-refractivity contribution is -0.127. The van der Waals surface area contributed by atoms with Crippen molar-refractivity contribution in [2.75, 3.05) is 39.3 Å². The highest BCUT2D eigenvalue weighted by atomic mass is 16.2. The highest BCUT2D eigenvalue weighted by molar-refractivity contribution is 5.94. The number of piperazine rings is 1. The summed E-state index contributed by atoms with van der Waals surface area (Å²) in [6.07, 6.45) is 0. The summed E-state index contributed by atoms with van der Waals surface area (Å²) in [5.74, 6) is 0.225. The van der Waals surface area contributed by atoms with Gasteiger partial charge in [0.25, 0.3) is 0 Å². The van der Waals surface area contributed by atoms with Gasteiger partial charge in [-0.2, -0.15) is 0 Å². The normalized spacial score (nSPS) is 21.8. The van der Waals surface area contributed by atoms with Crippen molar-refractivity contribution in [1.82, 2.24) is 15.5 Å². The molecule has 2 fully saturated rings. The maximum Gasteiger partial charge on any atom is 0.249 e. The minimum Gasteiger partial charge on any atom is -0.336 e. The van der Waals surface area contributed by atoms with E-state index in [2.05, 4.69) is 10.6 Å². The average Bonchev–Trinajstić information content (AvgIpc) is 2.15. The summed E-state index contributed by atoms with van der Waals surface area (Å²) in [5.41, 5.74) is 2.22. The zero-order chi connectivity index (χ0) is 9.97. The van der Waals surface area contributed by atoms with Crippen LogP contribution in [0, 0.1) is 0 Å². The topological polar surface area (TPSA) is 44.4 Å². The quantitative estimate of drug-likeness (QED) is 0.546. The smallest absolute Gasteiger partial charge is 0.249 e. The van der Waals surface area contributed by atoms with Crippen LogP contribution >= 0.6 is 0 Å². The van der Waals surface area contributed by atoms with Crippen molar-refractivity contribution < 1.29 is 4.79 Å². The van der Waals surface area contributed by atoms with Crippen LogP contribution in [-0.2, 0) is 4.79 Å². The molecule has 0 radical (unpaired) electrons. The fraction of sp³-hybridized carbons (Fsp3) is 0.700. The summed E-state index contributed by atoms with van der Waals surface area (Å²) in [6, 6.07) is 0. The first-order valence-corrected chi connectivity index (χ1v) is 5.18. The molecule has 78 valence electrons. The molecule has 2 saturated heterocycles. The van der Waals surface area contributed by atoms with Crippen molar-refractivity contribution in [3.8, 4) is 0 Å². The largest absolute Gasteiger partial charge is 0.336 e. The van der Waals surface area contributed by atoms with Crippen LogP contribution in [0.25, 0.3) is 0 Å². The van der Waals surface area contributed by atoms with Gasteiger partial charge >= 0.3 is 0 Å². The number of nitrogens with one attached hydrogen (secondary N) is 2. The molecule has 1 amide bonds. The highest BCUT2D eigenvalue weighted by Gasteiger charge is 2.21. The van der Waals surface area contributed by atoms with Crippen molar-refractivity contribution in [3.63, 3.8) is 0 Å². The Labute approximate surface area is 84.3 Å². The Balaban J connectivity index is 1.99. The average molecular weight is 195 g/mol. The van der Waals surface area contributed by atoms with Gasteiger partial charge in [0.15, 0.2) is 0 Å². The monoisotopic (exact) mass is 195 g/mol. The third-order valence-corrected chi connectivity index (χ3v) is 2.93. The Morgan fingerprint density at radius 2 is 1.86 bits per heavy atom. The van der Waals surface area contributed by atoms with E-state index in [0.717, 1.165) is 44.8 Å². The van der Waals surface area contributed by atoms with Crippen LogP contribution in [-0.4, -0.2) is 50.1 Å². The van der Waals surface area contributed by atoms with Gasteiger partial charge in [0.05, 0.1) is 0 Å². The van der Waals surface area contributed by atoms with Crippen LogP contribution in [0.2, 0.25) is 0 Å². The van der Waals surface area contributed by atoms with Gasteiger partial charge in [0, 0.05) is 44.8 Å². The molecule has 0 atom stereocenters. The van der Waals surface area contributed by atoms with Crippen molar-refractivity contribution in [2.45, 2.75) is 6.92 Å². The van der Waals surface area contributed by atoms with E-state index in [1.807, 2.05) is 11.8 Å². The van der Waals surface area contributed by atoms with E-state index in [-0.39, 0.29) is 5.91 Å². The first kappa shape index (κ1) is 9.68. The van der Waals surface area contributed by atoms with E-state index < -0.39 is 0 Å². The zero-order valence-corrected chi connectivity index (χ0v) is 8.60. The molecule has 0 unspecified atom stereocenters. The Morgan fingerprint density at radius 3 is 2.36 bits per heavy atom. The molecule has 0 spiro atoms. The van der Waals surface area contributed by atoms with E-state index in [9.17, 15) is 4.79 Å². The van der Waals surface area contributed by atoms with Gasteiger partial charge in [0.1, 0.15) is 0 Å². The molecule has 0 aromatic rings. The van der Waals surface area contributed by atoms with Gasteiger partial charge < -0.3 is 15.5 Å². The van der Waals surface area contributed by atoms with Crippen molar-refractivity contribution >= 4 is 5.91 Å². The van der Waals surface area contributed by atoms with E-state index in [0.29, 0.717) is 0 Å². The summed E-state index contributed by atoms with van der Waals surface area (Å²) < 4.78 is 0. The van der Waals surface area contributed by atoms with Gasteiger partial charge in [-0.05, 0) is 12.5 Å². The van der Waals surface area contributed by atoms with Crippen LogP contribution in [0.4, 0.5) is 0 Å². The number of carbonyl (C=O) groups is 1. The number of hydrogen-bond acceptors (Lipinski definition) is 3. The molecule has 2 N–H and O–H groups in total. The Bertz CT molecular complexity index is 261. The molecule has 0 aromatic heterocycles. The second-order valence-corrected chi connectivity index (χ2v) is 3.87. The molecule has 2 rings (SSSR count). The predicted octanol–water partition coefficient (Wildman–Crippen LogP) is -0.662. The molecule has 2 aliphatic heterocycles. The maximum atomic E-state index is 11.9. The summed E-state index contributed by atoms with van der Waals surface area (Å²) >= 11 is 0. The number of hydrogen-bond donors (Lipinski definition) is 2. The Morgan fingerprint density at radius 1 is 1.21 bits per heavy atom. The third-order valence-electron chi connectivity index (χ3n) is 2.93. The van der Waals surface area contributed by atoms with Crippen LogP contribution in [0.3, 0.4) is 0 Å². The minimum absolute atomic E-state index is 0.225.